The molecule has 0 aromatic heterocycles. The van der Waals surface area contributed by atoms with Gasteiger partial charge >= 0.3 is 12.1 Å². The number of aryl methyl sites for hydroxylation is 2. The molecule has 0 aliphatic heterocycles. The number of rotatable bonds is 14. The molecule has 0 fully saturated rings. The van der Waals surface area contributed by atoms with E-state index in [2.05, 4.69) is 73.1 Å². The van der Waals surface area contributed by atoms with Crippen LogP contribution in [-0.4, -0.2) is 23.5 Å². The van der Waals surface area contributed by atoms with Crippen LogP contribution in [0.2, 0.25) is 10.0 Å². The fourth-order valence-electron chi connectivity index (χ4n) is 8.28. The lowest BCUT2D eigenvalue weighted by Gasteiger charge is -2.38. The standard InChI is InChI=1S/C28H33ClIN3O.C27H31ClN4O3/c1-7-19-8-14-22(15-9-19)33(28(6,30)20-10-12-21(29)13-11-20)26(34)32-25-18(2)24(31)17-16-23(25)27(3,4)5;1-4-18-12-14-20(15-13-18)32(25(17-31(34)35)19-10-8-7-9-11-19)27(33)30-26-21(5-2)23(28)16-24(29)22(26)6-3/h8-17H,7,31H2,1-6H3,(H,32,34);7-16,25H,4-6,17,29H2,1-3H3,(H,30,33). The number of amides is 4. The summed E-state index contributed by atoms with van der Waals surface area (Å²) in [6.45, 7) is 18.0. The second-order valence-corrected chi connectivity index (χ2v) is 20.9. The molecule has 14 heteroatoms. The minimum absolute atomic E-state index is 0.168. The van der Waals surface area contributed by atoms with Crippen molar-refractivity contribution in [1.29, 1.82) is 0 Å². The van der Waals surface area contributed by atoms with Gasteiger partial charge in [0, 0.05) is 37.7 Å². The van der Waals surface area contributed by atoms with Gasteiger partial charge in [0.1, 0.15) is 9.59 Å². The molecule has 0 aliphatic rings. The summed E-state index contributed by atoms with van der Waals surface area (Å²) in [6.07, 6.45) is 2.95. The molecule has 0 radical (unpaired) electrons. The van der Waals surface area contributed by atoms with Crippen LogP contribution in [0.3, 0.4) is 0 Å². The van der Waals surface area contributed by atoms with Gasteiger partial charge in [0.2, 0.25) is 6.54 Å². The SMILES string of the molecule is CCc1ccc(N(C(=O)Nc2c(C(C)(C)C)ccc(N)c2C)C(C)(I)c2ccc(Cl)cc2)cc1.CCc1ccc(N(C(=O)Nc2c(CC)c(N)cc(Cl)c2CC)C(C[N+](=O)[O-])c2ccccc2)cc1. The molecule has 0 bridgehead atoms. The Morgan fingerprint density at radius 1 is 0.696 bits per heavy atom. The van der Waals surface area contributed by atoms with Crippen LogP contribution in [0.1, 0.15) is 106 Å². The molecule has 0 spiro atoms. The van der Waals surface area contributed by atoms with Crippen LogP contribution < -0.4 is 31.9 Å². The van der Waals surface area contributed by atoms with Gasteiger partial charge in [0.05, 0.1) is 11.4 Å². The van der Waals surface area contributed by atoms with Crippen molar-refractivity contribution in [3.63, 3.8) is 0 Å². The zero-order chi connectivity index (χ0) is 50.8. The number of carbonyl (C=O) groups is 2. The van der Waals surface area contributed by atoms with Gasteiger partial charge < -0.3 is 22.1 Å². The molecule has 6 rings (SSSR count). The van der Waals surface area contributed by atoms with Crippen molar-refractivity contribution >= 4 is 92.0 Å². The third-order valence-corrected chi connectivity index (χ3v) is 14.0. The van der Waals surface area contributed by atoms with Gasteiger partial charge in [0.25, 0.3) is 0 Å². The lowest BCUT2D eigenvalue weighted by Crippen LogP contribution is -2.46. The van der Waals surface area contributed by atoms with Gasteiger partial charge in [-0.2, -0.15) is 0 Å². The van der Waals surface area contributed by atoms with Crippen molar-refractivity contribution in [3.8, 4) is 0 Å². The highest BCUT2D eigenvalue weighted by Gasteiger charge is 2.37. The number of benzene rings is 6. The number of hydrogen-bond donors (Lipinski definition) is 4. The molecule has 6 aromatic carbocycles. The number of carbonyl (C=O) groups excluding carboxylic acids is 2. The summed E-state index contributed by atoms with van der Waals surface area (Å²) in [5.41, 5.74) is 23.5. The van der Waals surface area contributed by atoms with E-state index in [1.54, 1.807) is 35.2 Å². The minimum atomic E-state index is -0.828. The molecule has 0 aliphatic carbocycles. The summed E-state index contributed by atoms with van der Waals surface area (Å²) in [4.78, 5) is 42.5. The Labute approximate surface area is 431 Å². The van der Waals surface area contributed by atoms with Gasteiger partial charge in [-0.1, -0.05) is 144 Å². The predicted molar refractivity (Wildman–Crippen MR) is 297 cm³/mol. The number of nitrogens with zero attached hydrogens (tertiary/aromatic N) is 3. The van der Waals surface area contributed by atoms with E-state index in [4.69, 9.17) is 34.7 Å². The van der Waals surface area contributed by atoms with Gasteiger partial charge in [-0.3, -0.25) is 19.9 Å². The van der Waals surface area contributed by atoms with Gasteiger partial charge in [-0.15, -0.1) is 0 Å². The number of hydrogen-bond acceptors (Lipinski definition) is 6. The van der Waals surface area contributed by atoms with Gasteiger partial charge in [-0.05, 0) is 161 Å². The smallest absolute Gasteiger partial charge is 0.327 e. The molecule has 69 heavy (non-hydrogen) atoms. The number of nitro groups is 1. The highest BCUT2D eigenvalue weighted by Crippen LogP contribution is 2.42. The fourth-order valence-corrected chi connectivity index (χ4v) is 9.60. The van der Waals surface area contributed by atoms with E-state index in [-0.39, 0.29) is 11.4 Å². The van der Waals surface area contributed by atoms with E-state index < -0.39 is 27.1 Å². The number of halogens is 3. The van der Waals surface area contributed by atoms with Crippen LogP contribution in [0.15, 0.2) is 121 Å². The maximum absolute atomic E-state index is 14.0. The number of nitrogens with two attached hydrogens (primary N) is 2. The summed E-state index contributed by atoms with van der Waals surface area (Å²) in [6, 6.07) is 36.4. The topological polar surface area (TPSA) is 160 Å². The first-order valence-corrected chi connectivity index (χ1v) is 25.0. The molecule has 6 N–H and O–H groups in total. The first-order valence-electron chi connectivity index (χ1n) is 23.2. The van der Waals surface area contributed by atoms with E-state index in [0.29, 0.717) is 51.2 Å². The molecule has 2 unspecified atom stereocenters. The number of anilines is 6. The second-order valence-electron chi connectivity index (χ2n) is 17.9. The van der Waals surface area contributed by atoms with Crippen molar-refractivity contribution < 1.29 is 14.5 Å². The van der Waals surface area contributed by atoms with Crippen molar-refractivity contribution in [3.05, 3.63) is 186 Å². The van der Waals surface area contributed by atoms with Gasteiger partial charge in [-0.25, -0.2) is 9.59 Å². The molecule has 0 heterocycles. The molecule has 364 valence electrons. The average Bonchev–Trinajstić information content (AvgIpc) is 3.31. The third-order valence-electron chi connectivity index (χ3n) is 12.3. The van der Waals surface area contributed by atoms with E-state index >= 15 is 0 Å². The number of urea groups is 2. The van der Waals surface area contributed by atoms with Crippen molar-refractivity contribution in [2.75, 3.05) is 38.4 Å². The molecule has 0 saturated carbocycles. The van der Waals surface area contributed by atoms with Crippen LogP contribution in [0.5, 0.6) is 0 Å². The summed E-state index contributed by atoms with van der Waals surface area (Å²) in [5.74, 6) is 0. The number of alkyl halides is 1. The maximum Gasteiger partial charge on any atom is 0.327 e. The zero-order valence-electron chi connectivity index (χ0n) is 40.9. The minimum Gasteiger partial charge on any atom is -0.398 e. The highest BCUT2D eigenvalue weighted by atomic mass is 127. The normalized spacial score (nSPS) is 12.5. The summed E-state index contributed by atoms with van der Waals surface area (Å²) in [5, 5.41) is 19.1. The van der Waals surface area contributed by atoms with E-state index in [1.165, 1.54) is 10.5 Å². The van der Waals surface area contributed by atoms with Crippen LogP contribution in [0.4, 0.5) is 43.7 Å². The third kappa shape index (κ3) is 13.1. The monoisotopic (exact) mass is 1080 g/mol. The Balaban J connectivity index is 0.000000258. The number of nitrogen functional groups attached to an aromatic ring is 2. The Morgan fingerprint density at radius 3 is 1.74 bits per heavy atom. The highest BCUT2D eigenvalue weighted by molar-refractivity contribution is 14.1. The number of nitrogens with one attached hydrogen (secondary N) is 2. The molecule has 4 amide bonds. The van der Waals surface area contributed by atoms with Crippen LogP contribution in [-0.2, 0) is 34.6 Å². The van der Waals surface area contributed by atoms with Crippen LogP contribution in [0, 0.1) is 17.0 Å². The summed E-state index contributed by atoms with van der Waals surface area (Å²) < 4.78 is -0.684. The molecule has 11 nitrogen and oxygen atoms in total. The first-order chi connectivity index (χ1) is 32.7. The largest absolute Gasteiger partial charge is 0.398 e. The quantitative estimate of drug-likeness (QED) is 0.0212. The molecule has 2 atom stereocenters. The van der Waals surface area contributed by atoms with Crippen molar-refractivity contribution in [2.24, 2.45) is 0 Å². The molecule has 0 saturated heterocycles. The van der Waals surface area contributed by atoms with Crippen LogP contribution >= 0.6 is 45.8 Å². The molecular formula is C55H64Cl2IN7O4. The lowest BCUT2D eigenvalue weighted by molar-refractivity contribution is -0.483. The summed E-state index contributed by atoms with van der Waals surface area (Å²) >= 11 is 14.9. The Bertz CT molecular complexity index is 2700. The lowest BCUT2D eigenvalue weighted by atomic mass is 9.84. The molecular weight excluding hydrogens is 1020 g/mol. The first kappa shape index (κ1) is 54.1. The maximum atomic E-state index is 14.0. The Morgan fingerprint density at radius 2 is 1.23 bits per heavy atom. The Kier molecular flexibility index (Phi) is 18.6. The Hall–Kier alpha value is -5.83. The van der Waals surface area contributed by atoms with Crippen molar-refractivity contribution in [1.82, 2.24) is 0 Å². The molecule has 6 aromatic rings. The van der Waals surface area contributed by atoms with Crippen LogP contribution in [0.25, 0.3) is 0 Å². The zero-order valence-corrected chi connectivity index (χ0v) is 44.6. The second kappa shape index (κ2) is 23.7. The summed E-state index contributed by atoms with van der Waals surface area (Å²) in [7, 11) is 0. The van der Waals surface area contributed by atoms with E-state index in [1.807, 2.05) is 113 Å². The van der Waals surface area contributed by atoms with Gasteiger partial charge in [0.15, 0.2) is 0 Å². The van der Waals surface area contributed by atoms with Crippen molar-refractivity contribution in [2.45, 2.75) is 103 Å². The van der Waals surface area contributed by atoms with E-state index in [9.17, 15) is 19.7 Å². The van der Waals surface area contributed by atoms with E-state index in [0.717, 1.165) is 57.6 Å². The predicted octanol–water partition coefficient (Wildman–Crippen LogP) is 15.1. The fraction of sp³-hybridized carbons (Fsp3) is 0.309. The average molecular weight is 1080 g/mol.